The molecule has 2 aliphatic heterocycles. The smallest absolute Gasteiger partial charge is 0.264 e. The van der Waals surface area contributed by atoms with Gasteiger partial charge >= 0.3 is 0 Å². The molecular formula is C14H21NO5. The first kappa shape index (κ1) is 15.2. The number of rotatable bonds is 2. The fourth-order valence-electron chi connectivity index (χ4n) is 2.87. The second-order valence-electron chi connectivity index (χ2n) is 5.70. The molecule has 2 fully saturated rings. The van der Waals surface area contributed by atoms with Crippen LogP contribution in [0.1, 0.15) is 33.6 Å². The highest BCUT2D eigenvalue weighted by molar-refractivity contribution is 6.24. The van der Waals surface area contributed by atoms with Crippen LogP contribution in [0.4, 0.5) is 0 Å². The van der Waals surface area contributed by atoms with Gasteiger partial charge in [0.05, 0.1) is 11.8 Å². The number of methoxy groups -OCH3 is 1. The summed E-state index contributed by atoms with van der Waals surface area (Å²) in [5.41, 5.74) is -1.13. The van der Waals surface area contributed by atoms with Crippen LogP contribution in [0.3, 0.4) is 0 Å². The van der Waals surface area contributed by atoms with Crippen LogP contribution in [0.15, 0.2) is 11.3 Å². The number of carbonyl (C=O) groups is 2. The van der Waals surface area contributed by atoms with E-state index >= 15 is 0 Å². The molecular weight excluding hydrogens is 262 g/mol. The summed E-state index contributed by atoms with van der Waals surface area (Å²) in [6.07, 6.45) is 0.0566. The van der Waals surface area contributed by atoms with Gasteiger partial charge in [0.25, 0.3) is 5.91 Å². The average Bonchev–Trinajstić information content (AvgIpc) is 2.63. The molecule has 0 bridgehead atoms. The van der Waals surface area contributed by atoms with Crippen LogP contribution in [-0.2, 0) is 19.1 Å². The van der Waals surface area contributed by atoms with Crippen molar-refractivity contribution in [3.05, 3.63) is 11.3 Å². The van der Waals surface area contributed by atoms with E-state index in [1.165, 1.54) is 7.11 Å². The zero-order chi connectivity index (χ0) is 15.1. The Morgan fingerprint density at radius 1 is 1.40 bits per heavy atom. The van der Waals surface area contributed by atoms with E-state index in [4.69, 9.17) is 9.47 Å². The quantitative estimate of drug-likeness (QED) is 0.569. The molecule has 6 nitrogen and oxygen atoms in total. The van der Waals surface area contributed by atoms with Gasteiger partial charge in [-0.3, -0.25) is 9.59 Å². The van der Waals surface area contributed by atoms with Crippen LogP contribution in [0.2, 0.25) is 0 Å². The third-order valence-electron chi connectivity index (χ3n) is 3.99. The van der Waals surface area contributed by atoms with E-state index in [1.54, 1.807) is 13.8 Å². The van der Waals surface area contributed by atoms with Gasteiger partial charge in [0.15, 0.2) is 6.29 Å². The van der Waals surface area contributed by atoms with E-state index in [1.807, 2.05) is 6.92 Å². The number of ether oxygens (including phenoxy) is 2. The highest BCUT2D eigenvalue weighted by atomic mass is 16.7. The van der Waals surface area contributed by atoms with Crippen LogP contribution in [0, 0.1) is 5.92 Å². The molecule has 0 aliphatic carbocycles. The Hall–Kier alpha value is -1.24. The highest BCUT2D eigenvalue weighted by Gasteiger charge is 2.58. The number of hydrogen-bond acceptors (Lipinski definition) is 5. The number of allylic oxidation sites excluding steroid dienone is 1. The summed E-state index contributed by atoms with van der Waals surface area (Å²) in [6.45, 7) is 5.29. The van der Waals surface area contributed by atoms with Gasteiger partial charge < -0.3 is 19.9 Å². The van der Waals surface area contributed by atoms with Crippen molar-refractivity contribution in [1.29, 1.82) is 0 Å². The minimum atomic E-state index is -2.01. The minimum absolute atomic E-state index is 0.181. The Bertz CT molecular complexity index is 468. The zero-order valence-corrected chi connectivity index (χ0v) is 12.2. The molecule has 0 unspecified atom stereocenters. The number of hydrogen-bond donors (Lipinski definition) is 2. The van der Waals surface area contributed by atoms with Gasteiger partial charge in [-0.15, -0.1) is 0 Å². The van der Waals surface area contributed by atoms with Gasteiger partial charge in [-0.2, -0.15) is 0 Å². The van der Waals surface area contributed by atoms with E-state index in [0.29, 0.717) is 18.4 Å². The lowest BCUT2D eigenvalue weighted by molar-refractivity contribution is -0.207. The van der Waals surface area contributed by atoms with Crippen LogP contribution < -0.4 is 5.32 Å². The molecule has 2 N–H and O–H groups in total. The summed E-state index contributed by atoms with van der Waals surface area (Å²) < 4.78 is 10.7. The number of Topliss-reactive ketones (excluding diaryl/α,β-unsaturated/α-hetero) is 1. The molecule has 0 spiro atoms. The Balaban J connectivity index is 2.32. The molecule has 0 aromatic carbocycles. The monoisotopic (exact) mass is 283 g/mol. The Morgan fingerprint density at radius 2 is 2.05 bits per heavy atom. The van der Waals surface area contributed by atoms with E-state index in [0.717, 1.165) is 0 Å². The van der Waals surface area contributed by atoms with Crippen molar-refractivity contribution in [3.8, 4) is 0 Å². The van der Waals surface area contributed by atoms with Gasteiger partial charge in [-0.05, 0) is 32.8 Å². The van der Waals surface area contributed by atoms with Crippen molar-refractivity contribution in [3.63, 3.8) is 0 Å². The van der Waals surface area contributed by atoms with Crippen molar-refractivity contribution < 1.29 is 24.2 Å². The maximum atomic E-state index is 12.4. The van der Waals surface area contributed by atoms with Crippen LogP contribution in [-0.4, -0.2) is 41.9 Å². The van der Waals surface area contributed by atoms with Crippen molar-refractivity contribution >= 4 is 11.7 Å². The summed E-state index contributed by atoms with van der Waals surface area (Å²) in [5.74, 6) is -1.70. The van der Waals surface area contributed by atoms with Gasteiger partial charge in [0.2, 0.25) is 11.4 Å². The van der Waals surface area contributed by atoms with E-state index < -0.39 is 29.5 Å². The SMILES string of the molecule is CO[C@H]1C[C@@H]([C@@]2(O)C(=O)NC(=C(C)C)C2=O)C[C@H](C)O1. The molecule has 2 saturated heterocycles. The van der Waals surface area contributed by atoms with Crippen molar-refractivity contribution in [2.45, 2.75) is 51.6 Å². The molecule has 0 aromatic heterocycles. The third-order valence-corrected chi connectivity index (χ3v) is 3.99. The highest BCUT2D eigenvalue weighted by Crippen LogP contribution is 2.38. The number of carbonyl (C=O) groups excluding carboxylic acids is 2. The predicted molar refractivity (Wildman–Crippen MR) is 70.5 cm³/mol. The topological polar surface area (TPSA) is 84.9 Å². The first-order valence-electron chi connectivity index (χ1n) is 6.75. The van der Waals surface area contributed by atoms with Crippen LogP contribution in [0.25, 0.3) is 0 Å². The lowest BCUT2D eigenvalue weighted by Crippen LogP contribution is -2.53. The fraction of sp³-hybridized carbons (Fsp3) is 0.714. The first-order valence-corrected chi connectivity index (χ1v) is 6.75. The zero-order valence-electron chi connectivity index (χ0n) is 12.2. The summed E-state index contributed by atoms with van der Waals surface area (Å²) in [5, 5.41) is 13.2. The van der Waals surface area contributed by atoms with Gasteiger partial charge in [0.1, 0.15) is 0 Å². The summed E-state index contributed by atoms with van der Waals surface area (Å²) in [6, 6.07) is 0. The molecule has 0 aromatic rings. The fourth-order valence-corrected chi connectivity index (χ4v) is 2.87. The molecule has 2 aliphatic rings. The third kappa shape index (κ3) is 2.28. The predicted octanol–water partition coefficient (Wildman–Crippen LogP) is 0.498. The summed E-state index contributed by atoms with van der Waals surface area (Å²) >= 11 is 0. The normalized spacial score (nSPS) is 38.0. The van der Waals surface area contributed by atoms with Gasteiger partial charge in [-0.1, -0.05) is 0 Å². The maximum Gasteiger partial charge on any atom is 0.264 e. The van der Waals surface area contributed by atoms with Crippen molar-refractivity contribution in [2.75, 3.05) is 7.11 Å². The summed E-state index contributed by atoms with van der Waals surface area (Å²) in [7, 11) is 1.50. The van der Waals surface area contributed by atoms with E-state index in [9.17, 15) is 14.7 Å². The number of ketones is 1. The Kier molecular flexibility index (Phi) is 4.00. The molecule has 2 rings (SSSR count). The molecule has 0 saturated carbocycles. The summed E-state index contributed by atoms with van der Waals surface area (Å²) in [4.78, 5) is 24.5. The maximum absolute atomic E-state index is 12.4. The van der Waals surface area contributed by atoms with Gasteiger partial charge in [-0.25, -0.2) is 0 Å². The molecule has 6 heteroatoms. The van der Waals surface area contributed by atoms with Gasteiger partial charge in [0, 0.05) is 19.4 Å². The van der Waals surface area contributed by atoms with Crippen molar-refractivity contribution in [2.24, 2.45) is 5.92 Å². The number of amides is 1. The second-order valence-corrected chi connectivity index (χ2v) is 5.70. The lowest BCUT2D eigenvalue weighted by atomic mass is 9.77. The number of aliphatic hydroxyl groups is 1. The molecule has 0 radical (unpaired) electrons. The van der Waals surface area contributed by atoms with Crippen LogP contribution >= 0.6 is 0 Å². The average molecular weight is 283 g/mol. The first-order chi connectivity index (χ1) is 9.30. The lowest BCUT2D eigenvalue weighted by Gasteiger charge is -2.38. The molecule has 112 valence electrons. The minimum Gasteiger partial charge on any atom is -0.373 e. The molecule has 1 amide bonds. The van der Waals surface area contributed by atoms with E-state index in [-0.39, 0.29) is 11.8 Å². The van der Waals surface area contributed by atoms with Crippen molar-refractivity contribution in [1.82, 2.24) is 5.32 Å². The standard InChI is InChI=1S/C14H21NO5/c1-7(2)11-12(16)14(18,13(17)15-11)9-5-8(3)20-10(6-9)19-4/h8-10,18H,5-6H2,1-4H3,(H,15,17)/t8-,9-,10+,14-/m0/s1. The Labute approximate surface area is 118 Å². The molecule has 2 heterocycles. The Morgan fingerprint density at radius 3 is 2.55 bits per heavy atom. The number of nitrogens with one attached hydrogen (secondary N) is 1. The van der Waals surface area contributed by atoms with E-state index in [2.05, 4.69) is 5.32 Å². The molecule has 20 heavy (non-hydrogen) atoms. The van der Waals surface area contributed by atoms with Crippen LogP contribution in [0.5, 0.6) is 0 Å². The molecule has 4 atom stereocenters. The second kappa shape index (κ2) is 5.27. The largest absolute Gasteiger partial charge is 0.373 e.